The van der Waals surface area contributed by atoms with E-state index in [1.54, 1.807) is 6.07 Å². The van der Waals surface area contributed by atoms with Crippen LogP contribution in [0.25, 0.3) is 4.98 Å². The van der Waals surface area contributed by atoms with Gasteiger partial charge in [0.25, 0.3) is 0 Å². The van der Waals surface area contributed by atoms with Gasteiger partial charge in [0.1, 0.15) is 10.7 Å². The average molecular weight is 199 g/mol. The molecule has 0 spiro atoms. The van der Waals surface area contributed by atoms with Crippen molar-refractivity contribution in [1.82, 2.24) is 4.98 Å². The van der Waals surface area contributed by atoms with Crippen LogP contribution < -0.4 is 0 Å². The van der Waals surface area contributed by atoms with Crippen LogP contribution >= 0.6 is 15.9 Å². The minimum atomic E-state index is 0.450. The van der Waals surface area contributed by atoms with E-state index in [-0.39, 0.29) is 0 Å². The van der Waals surface area contributed by atoms with Gasteiger partial charge in [0, 0.05) is 5.69 Å². The van der Waals surface area contributed by atoms with Crippen LogP contribution in [0.1, 0.15) is 5.69 Å². The molecule has 0 atom stereocenters. The van der Waals surface area contributed by atoms with Gasteiger partial charge in [0.2, 0.25) is 5.39 Å². The molecule has 0 N–H and O–H groups in total. The van der Waals surface area contributed by atoms with Crippen molar-refractivity contribution in [2.45, 2.75) is 6.92 Å². The first-order valence-corrected chi connectivity index (χ1v) is 3.50. The fourth-order valence-electron chi connectivity index (χ4n) is 0.593. The quantitative estimate of drug-likeness (QED) is 0.602. The zero-order chi connectivity index (χ0) is 7.56. The van der Waals surface area contributed by atoms with Gasteiger partial charge >= 0.3 is 5.69 Å². The Balaban J connectivity index is 3.23. The van der Waals surface area contributed by atoms with Crippen molar-refractivity contribution in [3.05, 3.63) is 27.4 Å². The highest BCUT2D eigenvalue weighted by atomic mass is 79.9. The molecule has 0 aromatic carbocycles. The van der Waals surface area contributed by atoms with Crippen molar-refractivity contribution in [1.29, 1.82) is 5.39 Å². The van der Waals surface area contributed by atoms with Gasteiger partial charge in [-0.25, -0.2) is 0 Å². The maximum absolute atomic E-state index is 8.36. The van der Waals surface area contributed by atoms with E-state index < -0.39 is 0 Å². The third-order valence-corrected chi connectivity index (χ3v) is 1.71. The Morgan fingerprint density at radius 1 is 1.70 bits per heavy atom. The van der Waals surface area contributed by atoms with E-state index in [0.717, 1.165) is 10.2 Å². The van der Waals surface area contributed by atoms with Crippen LogP contribution in [0.5, 0.6) is 0 Å². The maximum Gasteiger partial charge on any atom is 0.417 e. The Morgan fingerprint density at radius 3 is 2.90 bits per heavy atom. The summed E-state index contributed by atoms with van der Waals surface area (Å²) in [5.74, 6) is 0. The highest BCUT2D eigenvalue weighted by molar-refractivity contribution is 9.10. The summed E-state index contributed by atoms with van der Waals surface area (Å²) in [6, 6.07) is 1.79. The lowest BCUT2D eigenvalue weighted by Crippen LogP contribution is -1.77. The number of rotatable bonds is 0. The molecular weight excluding hydrogens is 194 g/mol. The summed E-state index contributed by atoms with van der Waals surface area (Å²) in [7, 11) is 0. The SMILES string of the molecule is Cc1cc(Br)c([N+]#N)cn1. The molecule has 0 aliphatic rings. The molecule has 10 heavy (non-hydrogen) atoms. The fourth-order valence-corrected chi connectivity index (χ4v) is 1.11. The Labute approximate surface area is 66.8 Å². The third-order valence-electron chi connectivity index (χ3n) is 1.08. The molecule has 4 heteroatoms. The number of pyridine rings is 1. The van der Waals surface area contributed by atoms with E-state index in [2.05, 4.69) is 25.9 Å². The summed E-state index contributed by atoms with van der Waals surface area (Å²) in [6.07, 6.45) is 1.50. The summed E-state index contributed by atoms with van der Waals surface area (Å²) >= 11 is 3.21. The Morgan fingerprint density at radius 2 is 2.40 bits per heavy atom. The predicted octanol–water partition coefficient (Wildman–Crippen LogP) is 2.64. The van der Waals surface area contributed by atoms with Gasteiger partial charge in [-0.05, 0) is 28.9 Å². The van der Waals surface area contributed by atoms with E-state index in [4.69, 9.17) is 5.39 Å². The standard InChI is InChI=1S/C6H5BrN3/c1-4-2-5(7)6(10-8)3-9-4/h2-3H,1H3/q+1. The molecule has 0 amide bonds. The van der Waals surface area contributed by atoms with Crippen molar-refractivity contribution >= 4 is 21.6 Å². The highest BCUT2D eigenvalue weighted by Crippen LogP contribution is 2.23. The molecule has 0 bridgehead atoms. The van der Waals surface area contributed by atoms with E-state index in [1.165, 1.54) is 6.20 Å². The number of halogens is 1. The van der Waals surface area contributed by atoms with E-state index >= 15 is 0 Å². The molecular formula is C6H5BrN3+. The molecule has 1 aromatic rings. The van der Waals surface area contributed by atoms with Crippen molar-refractivity contribution < 1.29 is 0 Å². The lowest BCUT2D eigenvalue weighted by molar-refractivity contribution is 1.19. The van der Waals surface area contributed by atoms with E-state index in [9.17, 15) is 0 Å². The molecule has 3 nitrogen and oxygen atoms in total. The summed E-state index contributed by atoms with van der Waals surface area (Å²) in [6.45, 7) is 1.87. The minimum Gasteiger partial charge on any atom is -0.253 e. The molecule has 1 rings (SSSR count). The predicted molar refractivity (Wildman–Crippen MR) is 41.4 cm³/mol. The summed E-state index contributed by atoms with van der Waals surface area (Å²) < 4.78 is 0.752. The van der Waals surface area contributed by atoms with Crippen LogP contribution in [0.3, 0.4) is 0 Å². The Hall–Kier alpha value is -0.950. The molecule has 0 unspecified atom stereocenters. The first-order chi connectivity index (χ1) is 4.74. The van der Waals surface area contributed by atoms with Crippen LogP contribution in [0, 0.1) is 12.3 Å². The average Bonchev–Trinajstić information content (AvgIpc) is 1.88. The largest absolute Gasteiger partial charge is 0.417 e. The van der Waals surface area contributed by atoms with E-state index in [0.29, 0.717) is 5.69 Å². The zero-order valence-corrected chi connectivity index (χ0v) is 6.96. The topological polar surface area (TPSA) is 41.0 Å². The van der Waals surface area contributed by atoms with E-state index in [1.807, 2.05) is 6.92 Å². The molecule has 0 saturated carbocycles. The molecule has 1 heterocycles. The molecule has 0 aliphatic heterocycles. The number of aromatic nitrogens is 1. The summed E-state index contributed by atoms with van der Waals surface area (Å²) in [5, 5.41) is 8.36. The van der Waals surface area contributed by atoms with Gasteiger partial charge in [-0.2, -0.15) is 0 Å². The Kier molecular flexibility index (Phi) is 1.97. The van der Waals surface area contributed by atoms with Crippen LogP contribution in [0.2, 0.25) is 0 Å². The van der Waals surface area contributed by atoms with Crippen LogP contribution in [0.4, 0.5) is 5.69 Å². The number of nitrogens with zero attached hydrogens (tertiary/aromatic N) is 3. The van der Waals surface area contributed by atoms with Gasteiger partial charge < -0.3 is 0 Å². The van der Waals surface area contributed by atoms with Crippen LogP contribution in [-0.4, -0.2) is 4.98 Å². The highest BCUT2D eigenvalue weighted by Gasteiger charge is 2.10. The number of hydrogen-bond acceptors (Lipinski definition) is 2. The van der Waals surface area contributed by atoms with Crippen molar-refractivity contribution in [2.24, 2.45) is 0 Å². The van der Waals surface area contributed by atoms with Crippen molar-refractivity contribution in [3.8, 4) is 0 Å². The second-order valence-electron chi connectivity index (χ2n) is 1.88. The van der Waals surface area contributed by atoms with Gasteiger partial charge in [-0.15, -0.1) is 0 Å². The summed E-state index contributed by atoms with van der Waals surface area (Å²) in [4.78, 5) is 6.93. The lowest BCUT2D eigenvalue weighted by Gasteiger charge is -1.86. The molecule has 0 fully saturated rings. The van der Waals surface area contributed by atoms with Gasteiger partial charge in [-0.3, -0.25) is 4.98 Å². The second kappa shape index (κ2) is 2.76. The molecule has 50 valence electrons. The molecule has 0 radical (unpaired) electrons. The monoisotopic (exact) mass is 198 g/mol. The third kappa shape index (κ3) is 1.31. The van der Waals surface area contributed by atoms with Crippen LogP contribution in [-0.2, 0) is 0 Å². The van der Waals surface area contributed by atoms with Crippen molar-refractivity contribution in [3.63, 3.8) is 0 Å². The smallest absolute Gasteiger partial charge is 0.253 e. The Bertz CT molecular complexity index is 290. The number of diazo groups is 1. The molecule has 0 aliphatic carbocycles. The maximum atomic E-state index is 8.36. The molecule has 1 aromatic heterocycles. The number of aryl methyl sites for hydroxylation is 1. The van der Waals surface area contributed by atoms with Gasteiger partial charge in [0.15, 0.2) is 4.98 Å². The zero-order valence-electron chi connectivity index (χ0n) is 5.37. The summed E-state index contributed by atoms with van der Waals surface area (Å²) in [5.41, 5.74) is 1.34. The van der Waals surface area contributed by atoms with Gasteiger partial charge in [0.05, 0.1) is 0 Å². The second-order valence-corrected chi connectivity index (χ2v) is 2.73. The first kappa shape index (κ1) is 7.16. The lowest BCUT2D eigenvalue weighted by atomic mass is 10.3. The first-order valence-electron chi connectivity index (χ1n) is 2.71. The van der Waals surface area contributed by atoms with Crippen LogP contribution in [0.15, 0.2) is 16.7 Å². The van der Waals surface area contributed by atoms with Crippen molar-refractivity contribution in [2.75, 3.05) is 0 Å². The van der Waals surface area contributed by atoms with Gasteiger partial charge in [-0.1, -0.05) is 0 Å². The normalized spacial score (nSPS) is 8.90. The number of hydrogen-bond donors (Lipinski definition) is 0. The fraction of sp³-hybridized carbons (Fsp3) is 0.167. The molecule has 0 saturated heterocycles. The minimum absolute atomic E-state index is 0.450.